The Balaban J connectivity index is 5.69. The summed E-state index contributed by atoms with van der Waals surface area (Å²) >= 11 is 0. The minimum absolute atomic E-state index is 0.0168. The van der Waals surface area contributed by atoms with E-state index in [0.29, 0.717) is 0 Å². The molecule has 4 unspecified atom stereocenters. The van der Waals surface area contributed by atoms with Crippen LogP contribution in [0.4, 0.5) is 0 Å². The topological polar surface area (TPSA) is 338 Å². The number of hydrogen-bond donors (Lipinski definition) is 10. The van der Waals surface area contributed by atoms with Gasteiger partial charge in [-0.25, -0.2) is 4.79 Å². The quantitative estimate of drug-likeness (QED) is 0.0489. The molecule has 0 fully saturated rings. The summed E-state index contributed by atoms with van der Waals surface area (Å²) in [6, 6.07) is -6.36. The summed E-state index contributed by atoms with van der Waals surface area (Å²) in [5.74, 6) is -8.48. The van der Waals surface area contributed by atoms with Crippen molar-refractivity contribution in [1.29, 1.82) is 0 Å². The molecule has 18 heteroatoms. The van der Waals surface area contributed by atoms with Gasteiger partial charge in [0.25, 0.3) is 0 Å². The third-order valence-corrected chi connectivity index (χ3v) is 4.37. The predicted octanol–water partition coefficient (Wildman–Crippen LogP) is -5.87. The smallest absolute Gasteiger partial charge is 0.326 e. The zero-order valence-corrected chi connectivity index (χ0v) is 19.1. The van der Waals surface area contributed by atoms with Crippen LogP contribution in [0.2, 0.25) is 0 Å². The van der Waals surface area contributed by atoms with Gasteiger partial charge in [0.2, 0.25) is 29.5 Å². The van der Waals surface area contributed by atoms with Gasteiger partial charge in [0.1, 0.15) is 18.1 Å². The van der Waals surface area contributed by atoms with Gasteiger partial charge in [-0.3, -0.25) is 33.8 Å². The number of aliphatic carboxylic acids is 2. The van der Waals surface area contributed by atoms with Gasteiger partial charge in [-0.2, -0.15) is 0 Å². The number of amides is 5. The number of carboxylic acid groups (broad SMARTS) is 2. The molecule has 0 radical (unpaired) electrons. The monoisotopic (exact) mass is 517 g/mol. The van der Waals surface area contributed by atoms with E-state index in [4.69, 9.17) is 38.9 Å². The summed E-state index contributed by atoms with van der Waals surface area (Å²) < 4.78 is 0. The van der Waals surface area contributed by atoms with Gasteiger partial charge >= 0.3 is 11.9 Å². The Morgan fingerprint density at radius 3 is 1.67 bits per heavy atom. The van der Waals surface area contributed by atoms with E-state index in [1.807, 2.05) is 5.32 Å². The second kappa shape index (κ2) is 15.4. The number of nitrogens with zero attached hydrogens (tertiary/aromatic N) is 1. The SMILES string of the molecule is NC(=O)CC(N)C(=O)NC(CC(N)=O)C(=O)NC(CCCN=C(N)N)C(=O)NC(CC(=O)O)C(=O)O. The second-order valence-corrected chi connectivity index (χ2v) is 7.52. The van der Waals surface area contributed by atoms with E-state index < -0.39 is 84.9 Å². The van der Waals surface area contributed by atoms with Crippen LogP contribution in [0.15, 0.2) is 4.99 Å². The lowest BCUT2D eigenvalue weighted by Gasteiger charge is -2.24. The van der Waals surface area contributed by atoms with Gasteiger partial charge in [0.05, 0.1) is 25.3 Å². The average Bonchev–Trinajstić information content (AvgIpc) is 2.73. The number of nitrogens with two attached hydrogens (primary N) is 5. The molecule has 15 N–H and O–H groups in total. The average molecular weight is 518 g/mol. The van der Waals surface area contributed by atoms with E-state index in [2.05, 4.69) is 15.6 Å². The summed E-state index contributed by atoms with van der Waals surface area (Å²) in [7, 11) is 0. The van der Waals surface area contributed by atoms with E-state index in [1.165, 1.54) is 0 Å². The largest absolute Gasteiger partial charge is 0.481 e. The fourth-order valence-electron chi connectivity index (χ4n) is 2.69. The number of primary amides is 2. The highest BCUT2D eigenvalue weighted by Gasteiger charge is 2.31. The first-order valence-electron chi connectivity index (χ1n) is 10.4. The number of hydrogen-bond acceptors (Lipinski definition) is 9. The summed E-state index contributed by atoms with van der Waals surface area (Å²) in [6.07, 6.45) is -2.30. The molecule has 36 heavy (non-hydrogen) atoms. The van der Waals surface area contributed by atoms with Gasteiger partial charge in [0, 0.05) is 6.54 Å². The lowest BCUT2D eigenvalue weighted by Crippen LogP contribution is -2.58. The Morgan fingerprint density at radius 2 is 1.19 bits per heavy atom. The molecule has 0 aliphatic rings. The summed E-state index contributed by atoms with van der Waals surface area (Å²) in [5.41, 5.74) is 26.0. The maximum absolute atomic E-state index is 12.8. The first-order chi connectivity index (χ1) is 16.6. The molecule has 0 aromatic carbocycles. The summed E-state index contributed by atoms with van der Waals surface area (Å²) in [5, 5.41) is 24.4. The Morgan fingerprint density at radius 1 is 0.694 bits per heavy atom. The highest BCUT2D eigenvalue weighted by molar-refractivity contribution is 5.97. The number of carboxylic acids is 2. The van der Waals surface area contributed by atoms with Gasteiger partial charge in [-0.05, 0) is 12.8 Å². The second-order valence-electron chi connectivity index (χ2n) is 7.52. The minimum Gasteiger partial charge on any atom is -0.481 e. The molecular formula is C18H31N9O9. The van der Waals surface area contributed by atoms with Gasteiger partial charge in [-0.15, -0.1) is 0 Å². The Labute approximate surface area is 204 Å². The van der Waals surface area contributed by atoms with Crippen LogP contribution >= 0.6 is 0 Å². The molecule has 0 bridgehead atoms. The van der Waals surface area contributed by atoms with Crippen molar-refractivity contribution in [3.05, 3.63) is 0 Å². The van der Waals surface area contributed by atoms with Crippen molar-refractivity contribution in [1.82, 2.24) is 16.0 Å². The van der Waals surface area contributed by atoms with Crippen molar-refractivity contribution in [3.8, 4) is 0 Å². The van der Waals surface area contributed by atoms with Crippen LogP contribution in [0.5, 0.6) is 0 Å². The Kier molecular flexibility index (Phi) is 13.5. The normalized spacial score (nSPS) is 13.7. The molecule has 0 aliphatic heterocycles. The van der Waals surface area contributed by atoms with E-state index in [0.717, 1.165) is 0 Å². The van der Waals surface area contributed by atoms with Crippen molar-refractivity contribution >= 4 is 47.4 Å². The van der Waals surface area contributed by atoms with E-state index in [-0.39, 0.29) is 25.3 Å². The molecule has 0 aliphatic carbocycles. The standard InChI is InChI=1S/C18H31N9O9/c19-7(4-11(20)28)14(32)26-9(5-12(21)29)16(34)25-8(2-1-3-24-18(22)23)15(33)27-10(17(35)36)6-13(30)31/h7-10H,1-6,19H2,(H2,20,28)(H2,21,29)(H,25,34)(H,26,32)(H,27,33)(H,30,31)(H,35,36)(H4,22,23,24). The van der Waals surface area contributed by atoms with Crippen molar-refractivity contribution in [2.24, 2.45) is 33.7 Å². The molecule has 0 rings (SSSR count). The number of rotatable bonds is 17. The van der Waals surface area contributed by atoms with E-state index >= 15 is 0 Å². The highest BCUT2D eigenvalue weighted by atomic mass is 16.4. The number of carbonyl (C=O) groups excluding carboxylic acids is 5. The highest BCUT2D eigenvalue weighted by Crippen LogP contribution is 2.04. The molecule has 0 saturated heterocycles. The molecule has 5 amide bonds. The first-order valence-corrected chi connectivity index (χ1v) is 10.4. The van der Waals surface area contributed by atoms with Crippen LogP contribution in [0.25, 0.3) is 0 Å². The number of aliphatic imine (C=N–C) groups is 1. The van der Waals surface area contributed by atoms with Crippen molar-refractivity contribution < 1.29 is 43.8 Å². The number of nitrogens with one attached hydrogen (secondary N) is 3. The van der Waals surface area contributed by atoms with Crippen molar-refractivity contribution in [2.45, 2.75) is 56.3 Å². The molecular weight excluding hydrogens is 486 g/mol. The lowest BCUT2D eigenvalue weighted by atomic mass is 10.1. The zero-order valence-electron chi connectivity index (χ0n) is 19.1. The predicted molar refractivity (Wildman–Crippen MR) is 121 cm³/mol. The fourth-order valence-corrected chi connectivity index (χ4v) is 2.69. The summed E-state index contributed by atoms with van der Waals surface area (Å²) in [6.45, 7) is 0.0168. The van der Waals surface area contributed by atoms with Crippen molar-refractivity contribution in [2.75, 3.05) is 6.54 Å². The van der Waals surface area contributed by atoms with Gasteiger partial charge < -0.3 is 54.8 Å². The lowest BCUT2D eigenvalue weighted by molar-refractivity contribution is -0.147. The molecule has 0 saturated carbocycles. The van der Waals surface area contributed by atoms with Crippen LogP contribution in [0, 0.1) is 0 Å². The number of guanidine groups is 1. The van der Waals surface area contributed by atoms with E-state index in [9.17, 15) is 33.6 Å². The molecule has 0 heterocycles. The fraction of sp³-hybridized carbons (Fsp3) is 0.556. The molecule has 202 valence electrons. The Hall–Kier alpha value is -4.48. The van der Waals surface area contributed by atoms with Crippen LogP contribution in [-0.4, -0.2) is 88.4 Å². The maximum atomic E-state index is 12.8. The third-order valence-electron chi connectivity index (χ3n) is 4.37. The van der Waals surface area contributed by atoms with Crippen LogP contribution < -0.4 is 44.6 Å². The molecule has 0 aromatic rings. The molecule has 0 spiro atoms. The molecule has 18 nitrogen and oxygen atoms in total. The first kappa shape index (κ1) is 31.5. The zero-order chi connectivity index (χ0) is 28.0. The third kappa shape index (κ3) is 13.3. The number of carbonyl (C=O) groups is 7. The van der Waals surface area contributed by atoms with Crippen LogP contribution in [-0.2, 0) is 33.6 Å². The molecule has 0 aromatic heterocycles. The van der Waals surface area contributed by atoms with Gasteiger partial charge in [-0.1, -0.05) is 0 Å². The minimum atomic E-state index is -1.82. The van der Waals surface area contributed by atoms with Crippen molar-refractivity contribution in [3.63, 3.8) is 0 Å². The van der Waals surface area contributed by atoms with Crippen LogP contribution in [0.1, 0.15) is 32.1 Å². The van der Waals surface area contributed by atoms with Crippen LogP contribution in [0.3, 0.4) is 0 Å². The van der Waals surface area contributed by atoms with Gasteiger partial charge in [0.15, 0.2) is 5.96 Å². The Bertz CT molecular complexity index is 889. The summed E-state index contributed by atoms with van der Waals surface area (Å²) in [4.78, 5) is 85.9. The maximum Gasteiger partial charge on any atom is 0.326 e. The van der Waals surface area contributed by atoms with E-state index in [1.54, 1.807) is 0 Å². The molecule has 4 atom stereocenters.